The van der Waals surface area contributed by atoms with Gasteiger partial charge in [-0.1, -0.05) is 13.3 Å². The number of rotatable bonds is 6. The van der Waals surface area contributed by atoms with Gasteiger partial charge in [0.2, 0.25) is 0 Å². The number of carbonyl (C=O) groups is 1. The SMILES string of the molecule is CCCc1c(C)cc(OCC(C)O)c2c(=O)cc(C(=O)[O-])oc12.[Na+]. The largest absolute Gasteiger partial charge is 1.00 e. The molecule has 0 saturated carbocycles. The Morgan fingerprint density at radius 3 is 2.62 bits per heavy atom. The smallest absolute Gasteiger partial charge is 0.542 e. The summed E-state index contributed by atoms with van der Waals surface area (Å²) >= 11 is 0. The van der Waals surface area contributed by atoms with E-state index >= 15 is 0 Å². The van der Waals surface area contributed by atoms with Crippen LogP contribution < -0.4 is 44.8 Å². The second-order valence-electron chi connectivity index (χ2n) is 5.55. The van der Waals surface area contributed by atoms with Crippen molar-refractivity contribution in [2.75, 3.05) is 6.61 Å². The summed E-state index contributed by atoms with van der Waals surface area (Å²) in [6.45, 7) is 5.40. The third-order valence-electron chi connectivity index (χ3n) is 3.47. The molecule has 1 aromatic heterocycles. The van der Waals surface area contributed by atoms with E-state index in [2.05, 4.69) is 0 Å². The molecule has 1 atom stereocenters. The Labute approximate surface area is 161 Å². The van der Waals surface area contributed by atoms with Crippen molar-refractivity contribution in [3.8, 4) is 5.75 Å². The number of aromatic carboxylic acids is 1. The van der Waals surface area contributed by atoms with E-state index in [1.54, 1.807) is 13.0 Å². The Morgan fingerprint density at radius 1 is 1.42 bits per heavy atom. The molecule has 0 fully saturated rings. The molecule has 0 amide bonds. The molecule has 0 saturated heterocycles. The van der Waals surface area contributed by atoms with Crippen LogP contribution in [-0.4, -0.2) is 23.8 Å². The van der Waals surface area contributed by atoms with Crippen LogP contribution in [0.25, 0.3) is 11.0 Å². The number of aryl methyl sites for hydroxylation is 2. The molecule has 2 aromatic rings. The number of aliphatic hydroxyl groups is 1. The molecule has 1 unspecified atom stereocenters. The molecule has 0 bridgehead atoms. The first-order valence-electron chi connectivity index (χ1n) is 7.47. The minimum atomic E-state index is -1.54. The van der Waals surface area contributed by atoms with Gasteiger partial charge < -0.3 is 24.2 Å². The number of aliphatic hydroxyl groups excluding tert-OH is 1. The van der Waals surface area contributed by atoms with Crippen LogP contribution in [-0.2, 0) is 6.42 Å². The summed E-state index contributed by atoms with van der Waals surface area (Å²) in [6.07, 6.45) is 0.747. The Hall–Kier alpha value is -1.34. The molecule has 24 heavy (non-hydrogen) atoms. The fraction of sp³-hybridized carbons (Fsp3) is 0.412. The summed E-state index contributed by atoms with van der Waals surface area (Å²) in [6, 6.07) is 2.60. The molecule has 2 rings (SSSR count). The number of carboxylic acids is 1. The summed E-state index contributed by atoms with van der Waals surface area (Å²) in [7, 11) is 0. The van der Waals surface area contributed by atoms with Crippen LogP contribution in [0.4, 0.5) is 0 Å². The van der Waals surface area contributed by atoms with Crippen molar-refractivity contribution in [3.63, 3.8) is 0 Å². The van der Waals surface area contributed by atoms with Crippen LogP contribution >= 0.6 is 0 Å². The average molecular weight is 342 g/mol. The quantitative estimate of drug-likeness (QED) is 0.621. The summed E-state index contributed by atoms with van der Waals surface area (Å²) in [5, 5.41) is 20.6. The van der Waals surface area contributed by atoms with E-state index in [1.165, 1.54) is 0 Å². The molecular formula is C17H19NaO6. The van der Waals surface area contributed by atoms with E-state index in [-0.39, 0.29) is 52.9 Å². The van der Waals surface area contributed by atoms with Crippen LogP contribution in [0.1, 0.15) is 41.9 Å². The minimum absolute atomic E-state index is 0. The van der Waals surface area contributed by atoms with Gasteiger partial charge in [0.25, 0.3) is 0 Å². The van der Waals surface area contributed by atoms with E-state index in [4.69, 9.17) is 9.15 Å². The van der Waals surface area contributed by atoms with Gasteiger partial charge in [-0.25, -0.2) is 0 Å². The van der Waals surface area contributed by atoms with E-state index in [9.17, 15) is 19.8 Å². The molecule has 0 aliphatic carbocycles. The van der Waals surface area contributed by atoms with Gasteiger partial charge in [-0.3, -0.25) is 4.79 Å². The van der Waals surface area contributed by atoms with Crippen LogP contribution in [0.3, 0.4) is 0 Å². The van der Waals surface area contributed by atoms with Crippen LogP contribution in [0.5, 0.6) is 5.75 Å². The molecule has 1 heterocycles. The Bertz CT molecular complexity index is 794. The molecule has 1 aromatic carbocycles. The topological polar surface area (TPSA) is 99.8 Å². The van der Waals surface area contributed by atoms with Gasteiger partial charge in [0.1, 0.15) is 29.3 Å². The average Bonchev–Trinajstić information content (AvgIpc) is 2.47. The molecule has 124 valence electrons. The predicted octanol–water partition coefficient (Wildman–Crippen LogP) is -1.82. The maximum atomic E-state index is 12.3. The van der Waals surface area contributed by atoms with Crippen LogP contribution in [0.15, 0.2) is 21.3 Å². The van der Waals surface area contributed by atoms with E-state index in [0.29, 0.717) is 6.42 Å². The van der Waals surface area contributed by atoms with Gasteiger partial charge in [-0.15, -0.1) is 0 Å². The van der Waals surface area contributed by atoms with Gasteiger partial charge in [0.05, 0.1) is 6.10 Å². The van der Waals surface area contributed by atoms with Crippen molar-refractivity contribution in [1.29, 1.82) is 0 Å². The predicted molar refractivity (Wildman–Crippen MR) is 82.7 cm³/mol. The summed E-state index contributed by atoms with van der Waals surface area (Å²) < 4.78 is 10.9. The number of ether oxygens (including phenoxy) is 1. The van der Waals surface area contributed by atoms with Gasteiger partial charge in [-0.05, 0) is 37.5 Å². The van der Waals surface area contributed by atoms with E-state index < -0.39 is 23.3 Å². The first-order chi connectivity index (χ1) is 10.8. The van der Waals surface area contributed by atoms with E-state index in [0.717, 1.165) is 23.6 Å². The second-order valence-corrected chi connectivity index (χ2v) is 5.55. The number of hydrogen-bond acceptors (Lipinski definition) is 6. The Kier molecular flexibility index (Phi) is 7.48. The van der Waals surface area contributed by atoms with E-state index in [1.807, 2.05) is 13.8 Å². The van der Waals surface area contributed by atoms with Gasteiger partial charge in [0.15, 0.2) is 11.2 Å². The minimum Gasteiger partial charge on any atom is -0.542 e. The summed E-state index contributed by atoms with van der Waals surface area (Å²) in [5.74, 6) is -1.77. The van der Waals surface area contributed by atoms with Gasteiger partial charge >= 0.3 is 29.6 Å². The van der Waals surface area contributed by atoms with Crippen LogP contribution in [0, 0.1) is 6.92 Å². The molecule has 7 heteroatoms. The summed E-state index contributed by atoms with van der Waals surface area (Å²) in [4.78, 5) is 23.4. The number of carbonyl (C=O) groups excluding carboxylic acids is 1. The zero-order chi connectivity index (χ0) is 17.1. The zero-order valence-corrected chi connectivity index (χ0v) is 16.3. The molecular weight excluding hydrogens is 323 g/mol. The fourth-order valence-corrected chi connectivity index (χ4v) is 2.46. The zero-order valence-electron chi connectivity index (χ0n) is 14.3. The molecule has 0 spiro atoms. The third-order valence-corrected chi connectivity index (χ3v) is 3.47. The molecule has 0 aliphatic heterocycles. The molecule has 6 nitrogen and oxygen atoms in total. The molecule has 0 aliphatic rings. The fourth-order valence-electron chi connectivity index (χ4n) is 2.46. The second kappa shape index (κ2) is 8.67. The number of fused-ring (bicyclic) bond motifs is 1. The third kappa shape index (κ3) is 4.39. The van der Waals surface area contributed by atoms with Crippen LogP contribution in [0.2, 0.25) is 0 Å². The number of carboxylic acid groups (broad SMARTS) is 1. The van der Waals surface area contributed by atoms with Crippen molar-refractivity contribution in [2.24, 2.45) is 0 Å². The van der Waals surface area contributed by atoms with Crippen molar-refractivity contribution in [3.05, 3.63) is 39.2 Å². The maximum absolute atomic E-state index is 12.3. The number of hydrogen-bond donors (Lipinski definition) is 1. The van der Waals surface area contributed by atoms with Gasteiger partial charge in [0, 0.05) is 6.07 Å². The standard InChI is InChI=1S/C17H20O6.Na/c1-4-5-11-9(2)6-13(22-8-10(3)18)15-12(19)7-14(17(20)21)23-16(11)15;/h6-7,10,18H,4-5,8H2,1-3H3,(H,20,21);/q;+1/p-1. The molecule has 0 radical (unpaired) electrons. The van der Waals surface area contributed by atoms with Crippen molar-refractivity contribution in [1.82, 2.24) is 0 Å². The maximum Gasteiger partial charge on any atom is 1.00 e. The monoisotopic (exact) mass is 342 g/mol. The number of benzene rings is 1. The first-order valence-corrected chi connectivity index (χ1v) is 7.47. The van der Waals surface area contributed by atoms with Crippen molar-refractivity contribution in [2.45, 2.75) is 39.7 Å². The first kappa shape index (κ1) is 20.7. The van der Waals surface area contributed by atoms with Crippen molar-refractivity contribution >= 4 is 16.9 Å². The van der Waals surface area contributed by atoms with Crippen molar-refractivity contribution < 1.29 is 53.7 Å². The van der Waals surface area contributed by atoms with Gasteiger partial charge in [-0.2, -0.15) is 0 Å². The Balaban J connectivity index is 0.00000288. The Morgan fingerprint density at radius 2 is 2.08 bits per heavy atom. The normalized spacial score (nSPS) is 11.8. The summed E-state index contributed by atoms with van der Waals surface area (Å²) in [5.41, 5.74) is 1.30. The molecule has 1 N–H and O–H groups in total.